The molecule has 1 unspecified atom stereocenters. The highest BCUT2D eigenvalue weighted by Gasteiger charge is 2.47. The molecule has 2 rings (SSSR count). The average molecular weight is 220 g/mol. The zero-order valence-electron chi connectivity index (χ0n) is 10.3. The second-order valence-corrected chi connectivity index (χ2v) is 5.24. The molecule has 88 valence electrons. The third-order valence-electron chi connectivity index (χ3n) is 4.22. The zero-order valence-corrected chi connectivity index (χ0v) is 10.3. The van der Waals surface area contributed by atoms with Gasteiger partial charge in [-0.1, -0.05) is 13.3 Å². The van der Waals surface area contributed by atoms with Crippen LogP contribution in [0.3, 0.4) is 0 Å². The zero-order chi connectivity index (χ0) is 11.8. The summed E-state index contributed by atoms with van der Waals surface area (Å²) in [4.78, 5) is 23.8. The Bertz CT molecular complexity index is 365. The number of hydrogen-bond acceptors (Lipinski definition) is 2. The minimum absolute atomic E-state index is 0.267. The van der Waals surface area contributed by atoms with E-state index in [1.807, 2.05) is 6.92 Å². The van der Waals surface area contributed by atoms with Gasteiger partial charge >= 0.3 is 0 Å². The van der Waals surface area contributed by atoms with Gasteiger partial charge in [-0.25, -0.2) is 0 Å². The molecule has 0 bridgehead atoms. The molecule has 0 heterocycles. The average Bonchev–Trinajstić information content (AvgIpc) is 2.73. The highest BCUT2D eigenvalue weighted by molar-refractivity contribution is 6.01. The molecule has 1 saturated carbocycles. The molecule has 1 atom stereocenters. The highest BCUT2D eigenvalue weighted by atomic mass is 16.1. The van der Waals surface area contributed by atoms with Gasteiger partial charge in [0.1, 0.15) is 5.78 Å². The van der Waals surface area contributed by atoms with E-state index in [2.05, 4.69) is 6.92 Å². The first-order valence-corrected chi connectivity index (χ1v) is 6.38. The number of unbranched alkanes of at least 4 members (excludes halogenated alkanes) is 1. The van der Waals surface area contributed by atoms with Gasteiger partial charge in [0.15, 0.2) is 5.78 Å². The predicted octanol–water partition coefficient (Wildman–Crippen LogP) is 3.21. The molecule has 0 aromatic carbocycles. The molecule has 0 aromatic rings. The number of ketones is 2. The van der Waals surface area contributed by atoms with Gasteiger partial charge in [0.2, 0.25) is 0 Å². The topological polar surface area (TPSA) is 34.1 Å². The third-order valence-corrected chi connectivity index (χ3v) is 4.22. The quantitative estimate of drug-likeness (QED) is 0.729. The molecule has 0 amide bonds. The van der Waals surface area contributed by atoms with Crippen molar-refractivity contribution in [2.45, 2.75) is 58.8 Å². The molecular weight excluding hydrogens is 200 g/mol. The second-order valence-electron chi connectivity index (χ2n) is 5.24. The molecule has 0 radical (unpaired) electrons. The fourth-order valence-corrected chi connectivity index (χ4v) is 3.05. The molecule has 0 saturated heterocycles. The van der Waals surface area contributed by atoms with Crippen molar-refractivity contribution in [3.8, 4) is 0 Å². The summed E-state index contributed by atoms with van der Waals surface area (Å²) >= 11 is 0. The summed E-state index contributed by atoms with van der Waals surface area (Å²) in [5.41, 5.74) is 1.91. The van der Waals surface area contributed by atoms with Crippen molar-refractivity contribution in [2.24, 2.45) is 5.41 Å². The first-order chi connectivity index (χ1) is 7.59. The van der Waals surface area contributed by atoms with Gasteiger partial charge in [0.25, 0.3) is 0 Å². The van der Waals surface area contributed by atoms with Crippen molar-refractivity contribution in [3.63, 3.8) is 0 Å². The molecular formula is C14H20O2. The predicted molar refractivity (Wildman–Crippen MR) is 63.1 cm³/mol. The van der Waals surface area contributed by atoms with Crippen LogP contribution >= 0.6 is 0 Å². The Labute approximate surface area is 97.1 Å². The van der Waals surface area contributed by atoms with Gasteiger partial charge in [-0.2, -0.15) is 0 Å². The molecule has 1 fully saturated rings. The Morgan fingerprint density at radius 1 is 1.31 bits per heavy atom. The normalized spacial score (nSPS) is 28.8. The fourth-order valence-electron chi connectivity index (χ4n) is 3.05. The number of rotatable bonds is 4. The number of fused-ring (bicyclic) bond motifs is 1. The van der Waals surface area contributed by atoms with Crippen LogP contribution in [0.25, 0.3) is 0 Å². The first-order valence-electron chi connectivity index (χ1n) is 6.38. The molecule has 2 heteroatoms. The lowest BCUT2D eigenvalue weighted by Gasteiger charge is -2.17. The molecule has 0 aromatic heterocycles. The summed E-state index contributed by atoms with van der Waals surface area (Å²) in [5, 5.41) is 0. The smallest absolute Gasteiger partial charge is 0.158 e. The van der Waals surface area contributed by atoms with Crippen molar-refractivity contribution in [3.05, 3.63) is 11.1 Å². The van der Waals surface area contributed by atoms with Crippen LogP contribution in [0.5, 0.6) is 0 Å². The van der Waals surface area contributed by atoms with E-state index >= 15 is 0 Å². The molecule has 2 aliphatic rings. The van der Waals surface area contributed by atoms with Crippen molar-refractivity contribution in [2.75, 3.05) is 0 Å². The van der Waals surface area contributed by atoms with Gasteiger partial charge < -0.3 is 0 Å². The minimum atomic E-state index is -0.267. The van der Waals surface area contributed by atoms with E-state index in [1.165, 1.54) is 5.57 Å². The number of hydrogen-bond donors (Lipinski definition) is 0. The van der Waals surface area contributed by atoms with E-state index in [0.717, 1.165) is 37.7 Å². The maximum absolute atomic E-state index is 12.0. The van der Waals surface area contributed by atoms with E-state index < -0.39 is 0 Å². The van der Waals surface area contributed by atoms with Crippen LogP contribution in [0.1, 0.15) is 58.8 Å². The fraction of sp³-hybridized carbons (Fsp3) is 0.714. The van der Waals surface area contributed by atoms with Gasteiger partial charge in [0.05, 0.1) is 0 Å². The summed E-state index contributed by atoms with van der Waals surface area (Å²) in [6, 6.07) is 0. The number of Topliss-reactive ketones (excluding diaryl/α,β-unsaturated/α-hetero) is 2. The van der Waals surface area contributed by atoms with Crippen LogP contribution in [0.15, 0.2) is 11.1 Å². The molecule has 2 aliphatic carbocycles. The van der Waals surface area contributed by atoms with E-state index in [0.29, 0.717) is 24.4 Å². The number of carbonyl (C=O) groups excluding carboxylic acids is 2. The Balaban J connectivity index is 2.20. The van der Waals surface area contributed by atoms with Gasteiger partial charge in [0, 0.05) is 18.3 Å². The largest absolute Gasteiger partial charge is 0.299 e. The Morgan fingerprint density at radius 2 is 2.06 bits per heavy atom. The monoisotopic (exact) mass is 220 g/mol. The van der Waals surface area contributed by atoms with Crippen molar-refractivity contribution < 1.29 is 9.59 Å². The van der Waals surface area contributed by atoms with Crippen LogP contribution in [-0.4, -0.2) is 11.6 Å². The third kappa shape index (κ3) is 1.64. The number of carbonyl (C=O) groups is 2. The second kappa shape index (κ2) is 4.15. The van der Waals surface area contributed by atoms with Crippen LogP contribution in [0.2, 0.25) is 0 Å². The van der Waals surface area contributed by atoms with E-state index in [-0.39, 0.29) is 5.41 Å². The Hall–Kier alpha value is -0.920. The number of allylic oxidation sites excluding steroid dienone is 2. The Kier molecular flexibility index (Phi) is 3.00. The lowest BCUT2D eigenvalue weighted by atomic mass is 9.84. The summed E-state index contributed by atoms with van der Waals surface area (Å²) < 4.78 is 0. The minimum Gasteiger partial charge on any atom is -0.299 e. The SMILES string of the molecule is CCCCC(=O)C1=C2CCC(=O)C2(C)CC1. The first kappa shape index (κ1) is 11.6. The van der Waals surface area contributed by atoms with E-state index in [9.17, 15) is 9.59 Å². The standard InChI is InChI=1S/C14H20O2/c1-3-4-5-12(15)10-8-9-14(2)11(10)6-7-13(14)16/h3-9H2,1-2H3. The van der Waals surface area contributed by atoms with Crippen LogP contribution in [0.4, 0.5) is 0 Å². The van der Waals surface area contributed by atoms with Crippen molar-refractivity contribution in [1.29, 1.82) is 0 Å². The maximum atomic E-state index is 12.0. The summed E-state index contributed by atoms with van der Waals surface area (Å²) in [6.07, 6.45) is 5.89. The molecule has 0 spiro atoms. The molecule has 0 aliphatic heterocycles. The van der Waals surface area contributed by atoms with E-state index in [4.69, 9.17) is 0 Å². The van der Waals surface area contributed by atoms with Gasteiger partial charge in [-0.3, -0.25) is 9.59 Å². The summed E-state index contributed by atoms with van der Waals surface area (Å²) in [7, 11) is 0. The Morgan fingerprint density at radius 3 is 2.75 bits per heavy atom. The lowest BCUT2D eigenvalue weighted by molar-refractivity contribution is -0.124. The molecule has 2 nitrogen and oxygen atoms in total. The van der Waals surface area contributed by atoms with Crippen molar-refractivity contribution >= 4 is 11.6 Å². The summed E-state index contributed by atoms with van der Waals surface area (Å²) in [6.45, 7) is 4.13. The van der Waals surface area contributed by atoms with Gasteiger partial charge in [-0.15, -0.1) is 0 Å². The van der Waals surface area contributed by atoms with Crippen LogP contribution < -0.4 is 0 Å². The van der Waals surface area contributed by atoms with Crippen molar-refractivity contribution in [1.82, 2.24) is 0 Å². The summed E-state index contributed by atoms with van der Waals surface area (Å²) in [5.74, 6) is 0.649. The lowest BCUT2D eigenvalue weighted by Crippen LogP contribution is -2.20. The molecule has 0 N–H and O–H groups in total. The van der Waals surface area contributed by atoms with Crippen LogP contribution in [-0.2, 0) is 9.59 Å². The van der Waals surface area contributed by atoms with E-state index in [1.54, 1.807) is 0 Å². The van der Waals surface area contributed by atoms with Crippen LogP contribution in [0, 0.1) is 5.41 Å². The maximum Gasteiger partial charge on any atom is 0.158 e. The van der Waals surface area contributed by atoms with Gasteiger partial charge in [-0.05, 0) is 43.8 Å². The highest BCUT2D eigenvalue weighted by Crippen LogP contribution is 2.51. The molecule has 16 heavy (non-hydrogen) atoms.